The standard InChI is InChI=1S/C16H18N6O3/c1-9(2)12(16-20-14(22-25-16)13-17-8-18-21-13)19-15(23)10-4-6-11(24-3)7-5-10/h4-9,12H,1-3H3,(H,19,23)(H,17,18,21)/t12-/m0/s1. The highest BCUT2D eigenvalue weighted by atomic mass is 16.5. The molecule has 25 heavy (non-hydrogen) atoms. The molecule has 9 nitrogen and oxygen atoms in total. The van der Waals surface area contributed by atoms with Crippen LogP contribution in [0.15, 0.2) is 35.1 Å². The van der Waals surface area contributed by atoms with Gasteiger partial charge in [-0.15, -0.1) is 0 Å². The van der Waals surface area contributed by atoms with Gasteiger partial charge >= 0.3 is 0 Å². The average molecular weight is 342 g/mol. The van der Waals surface area contributed by atoms with Crippen molar-refractivity contribution in [3.05, 3.63) is 42.0 Å². The Bertz CT molecular complexity index is 826. The van der Waals surface area contributed by atoms with Gasteiger partial charge in [0.15, 0.2) is 5.82 Å². The topological polar surface area (TPSA) is 119 Å². The lowest BCUT2D eigenvalue weighted by molar-refractivity contribution is 0.0914. The van der Waals surface area contributed by atoms with Crippen molar-refractivity contribution in [2.45, 2.75) is 19.9 Å². The molecule has 3 aromatic rings. The Morgan fingerprint density at radius 1 is 1.28 bits per heavy atom. The van der Waals surface area contributed by atoms with E-state index < -0.39 is 6.04 Å². The van der Waals surface area contributed by atoms with Crippen molar-refractivity contribution in [2.75, 3.05) is 7.11 Å². The second-order valence-corrected chi connectivity index (χ2v) is 5.71. The van der Waals surface area contributed by atoms with Crippen LogP contribution in [0.2, 0.25) is 0 Å². The smallest absolute Gasteiger partial charge is 0.251 e. The van der Waals surface area contributed by atoms with Crippen LogP contribution >= 0.6 is 0 Å². The zero-order valence-electron chi connectivity index (χ0n) is 14.1. The molecule has 9 heteroatoms. The minimum absolute atomic E-state index is 0.0465. The summed E-state index contributed by atoms with van der Waals surface area (Å²) in [5.41, 5.74) is 0.515. The Kier molecular flexibility index (Phi) is 4.73. The van der Waals surface area contributed by atoms with Gasteiger partial charge in [-0.05, 0) is 30.2 Å². The summed E-state index contributed by atoms with van der Waals surface area (Å²) in [5.74, 6) is 1.50. The van der Waals surface area contributed by atoms with Gasteiger partial charge in [0.1, 0.15) is 18.1 Å². The Labute approximate surface area is 143 Å². The molecule has 0 fully saturated rings. The maximum atomic E-state index is 12.5. The number of hydrogen-bond acceptors (Lipinski definition) is 7. The highest BCUT2D eigenvalue weighted by Crippen LogP contribution is 2.23. The fraction of sp³-hybridized carbons (Fsp3) is 0.312. The first-order chi connectivity index (χ1) is 12.1. The average Bonchev–Trinajstić information content (AvgIpc) is 3.30. The number of aromatic amines is 1. The number of H-pyrrole nitrogens is 1. The molecule has 0 spiro atoms. The Morgan fingerprint density at radius 3 is 2.64 bits per heavy atom. The molecule has 0 unspecified atom stereocenters. The molecule has 2 N–H and O–H groups in total. The summed E-state index contributed by atoms with van der Waals surface area (Å²) in [5, 5.41) is 13.2. The number of nitrogens with one attached hydrogen (secondary N) is 2. The Balaban J connectivity index is 1.78. The molecular weight excluding hydrogens is 324 g/mol. The number of hydrogen-bond donors (Lipinski definition) is 2. The monoisotopic (exact) mass is 342 g/mol. The van der Waals surface area contributed by atoms with Crippen LogP contribution in [0.25, 0.3) is 11.6 Å². The molecule has 2 aromatic heterocycles. The number of carbonyl (C=O) groups is 1. The summed E-state index contributed by atoms with van der Waals surface area (Å²) < 4.78 is 10.4. The van der Waals surface area contributed by atoms with E-state index in [1.54, 1.807) is 31.4 Å². The van der Waals surface area contributed by atoms with Crippen LogP contribution in [0.5, 0.6) is 5.75 Å². The largest absolute Gasteiger partial charge is 0.497 e. The summed E-state index contributed by atoms with van der Waals surface area (Å²) in [6, 6.07) is 6.42. The maximum Gasteiger partial charge on any atom is 0.251 e. The van der Waals surface area contributed by atoms with E-state index in [0.717, 1.165) is 0 Å². The molecule has 3 rings (SSSR count). The van der Waals surface area contributed by atoms with Gasteiger partial charge in [0.2, 0.25) is 11.7 Å². The number of benzene rings is 1. The van der Waals surface area contributed by atoms with E-state index in [2.05, 4.69) is 30.6 Å². The number of methoxy groups -OCH3 is 1. The fourth-order valence-corrected chi connectivity index (χ4v) is 2.25. The normalized spacial score (nSPS) is 12.2. The van der Waals surface area contributed by atoms with Crippen molar-refractivity contribution in [1.29, 1.82) is 0 Å². The van der Waals surface area contributed by atoms with Crippen LogP contribution < -0.4 is 10.1 Å². The van der Waals surface area contributed by atoms with Gasteiger partial charge in [-0.3, -0.25) is 9.89 Å². The first-order valence-corrected chi connectivity index (χ1v) is 7.72. The summed E-state index contributed by atoms with van der Waals surface area (Å²) >= 11 is 0. The van der Waals surface area contributed by atoms with E-state index in [1.807, 2.05) is 13.8 Å². The number of rotatable bonds is 6. The molecule has 0 aliphatic carbocycles. The van der Waals surface area contributed by atoms with Crippen molar-refractivity contribution in [1.82, 2.24) is 30.6 Å². The first kappa shape index (κ1) is 16.6. The minimum Gasteiger partial charge on any atom is -0.497 e. The van der Waals surface area contributed by atoms with E-state index in [0.29, 0.717) is 23.0 Å². The van der Waals surface area contributed by atoms with Crippen LogP contribution in [0.4, 0.5) is 0 Å². The molecule has 0 saturated carbocycles. The zero-order chi connectivity index (χ0) is 17.8. The van der Waals surface area contributed by atoms with E-state index in [-0.39, 0.29) is 17.6 Å². The van der Waals surface area contributed by atoms with Crippen molar-refractivity contribution in [3.8, 4) is 17.4 Å². The van der Waals surface area contributed by atoms with E-state index in [4.69, 9.17) is 9.26 Å². The van der Waals surface area contributed by atoms with Crippen molar-refractivity contribution in [3.63, 3.8) is 0 Å². The Morgan fingerprint density at radius 2 is 2.04 bits per heavy atom. The van der Waals surface area contributed by atoms with E-state index in [1.165, 1.54) is 6.33 Å². The van der Waals surface area contributed by atoms with Gasteiger partial charge < -0.3 is 14.6 Å². The summed E-state index contributed by atoms with van der Waals surface area (Å²) in [4.78, 5) is 20.8. The van der Waals surface area contributed by atoms with Gasteiger partial charge in [0.25, 0.3) is 5.91 Å². The molecule has 0 radical (unpaired) electrons. The number of nitrogens with zero attached hydrogens (tertiary/aromatic N) is 4. The number of carbonyl (C=O) groups excluding carboxylic acids is 1. The number of amides is 1. The van der Waals surface area contributed by atoms with Gasteiger partial charge in [0, 0.05) is 5.56 Å². The second-order valence-electron chi connectivity index (χ2n) is 5.71. The SMILES string of the molecule is COc1ccc(C(=O)N[C@H](c2nc(-c3ncn[nH]3)no2)C(C)C)cc1. The fourth-order valence-electron chi connectivity index (χ4n) is 2.25. The molecule has 2 heterocycles. The van der Waals surface area contributed by atoms with Gasteiger partial charge in [-0.25, -0.2) is 4.98 Å². The molecule has 0 saturated heterocycles. The van der Waals surface area contributed by atoms with E-state index >= 15 is 0 Å². The van der Waals surface area contributed by atoms with Gasteiger partial charge in [0.05, 0.1) is 7.11 Å². The minimum atomic E-state index is -0.432. The predicted molar refractivity (Wildman–Crippen MR) is 87.7 cm³/mol. The molecular formula is C16H18N6O3. The van der Waals surface area contributed by atoms with Crippen LogP contribution in [-0.4, -0.2) is 38.3 Å². The maximum absolute atomic E-state index is 12.5. The van der Waals surface area contributed by atoms with Gasteiger partial charge in [-0.1, -0.05) is 19.0 Å². The lowest BCUT2D eigenvalue weighted by Crippen LogP contribution is -2.32. The van der Waals surface area contributed by atoms with Crippen LogP contribution in [0, 0.1) is 5.92 Å². The van der Waals surface area contributed by atoms with Crippen LogP contribution in [0.1, 0.15) is 36.1 Å². The molecule has 1 aromatic carbocycles. The Hall–Kier alpha value is -3.23. The summed E-state index contributed by atoms with van der Waals surface area (Å²) in [6.07, 6.45) is 1.36. The molecule has 0 aliphatic heterocycles. The molecule has 1 atom stereocenters. The number of ether oxygens (including phenoxy) is 1. The van der Waals surface area contributed by atoms with E-state index in [9.17, 15) is 4.79 Å². The summed E-state index contributed by atoms with van der Waals surface area (Å²) in [7, 11) is 1.57. The van der Waals surface area contributed by atoms with Crippen molar-refractivity contribution >= 4 is 5.91 Å². The molecule has 0 aliphatic rings. The molecule has 0 bridgehead atoms. The third-order valence-electron chi connectivity index (χ3n) is 3.64. The number of aromatic nitrogens is 5. The second kappa shape index (κ2) is 7.12. The predicted octanol–water partition coefficient (Wildman–Crippen LogP) is 1.99. The van der Waals surface area contributed by atoms with Crippen molar-refractivity contribution in [2.24, 2.45) is 5.92 Å². The zero-order valence-corrected chi connectivity index (χ0v) is 14.1. The first-order valence-electron chi connectivity index (χ1n) is 7.72. The lowest BCUT2D eigenvalue weighted by Gasteiger charge is -2.18. The van der Waals surface area contributed by atoms with Gasteiger partial charge in [-0.2, -0.15) is 10.1 Å². The molecule has 1 amide bonds. The quantitative estimate of drug-likeness (QED) is 0.703. The summed E-state index contributed by atoms with van der Waals surface area (Å²) in [6.45, 7) is 3.91. The highest BCUT2D eigenvalue weighted by Gasteiger charge is 2.25. The lowest BCUT2D eigenvalue weighted by atomic mass is 10.0. The third-order valence-corrected chi connectivity index (χ3v) is 3.64. The third kappa shape index (κ3) is 3.65. The van der Waals surface area contributed by atoms with Crippen molar-refractivity contribution < 1.29 is 14.1 Å². The van der Waals surface area contributed by atoms with Crippen LogP contribution in [0.3, 0.4) is 0 Å². The van der Waals surface area contributed by atoms with Crippen LogP contribution in [-0.2, 0) is 0 Å². The molecule has 130 valence electrons. The highest BCUT2D eigenvalue weighted by molar-refractivity contribution is 5.94.